The molecule has 0 aromatic rings. The zero-order valence-corrected chi connectivity index (χ0v) is 14.8. The highest BCUT2D eigenvalue weighted by Crippen LogP contribution is 2.30. The summed E-state index contributed by atoms with van der Waals surface area (Å²) >= 11 is 0. The summed E-state index contributed by atoms with van der Waals surface area (Å²) in [7, 11) is 0. The van der Waals surface area contributed by atoms with Crippen molar-refractivity contribution in [3.05, 3.63) is 0 Å². The number of unbranched alkanes of at least 4 members (excludes halogenated alkanes) is 1. The first-order chi connectivity index (χ1) is 12.1. The Balaban J connectivity index is 1.50. The second kappa shape index (κ2) is 8.03. The third kappa shape index (κ3) is 3.89. The molecule has 140 valence electrons. The fourth-order valence-corrected chi connectivity index (χ4v) is 3.87. The van der Waals surface area contributed by atoms with E-state index in [0.29, 0.717) is 19.6 Å². The molecule has 3 rings (SSSR count). The molecule has 8 heteroatoms. The van der Waals surface area contributed by atoms with E-state index in [0.717, 1.165) is 44.9 Å². The van der Waals surface area contributed by atoms with Crippen molar-refractivity contribution >= 4 is 17.8 Å². The maximum absolute atomic E-state index is 12.5. The molecule has 2 aliphatic heterocycles. The minimum atomic E-state index is -0.549. The van der Waals surface area contributed by atoms with Crippen LogP contribution in [0.3, 0.4) is 0 Å². The van der Waals surface area contributed by atoms with Gasteiger partial charge in [0.05, 0.1) is 12.6 Å². The first kappa shape index (κ1) is 18.0. The fourth-order valence-electron chi connectivity index (χ4n) is 3.87. The van der Waals surface area contributed by atoms with Crippen molar-refractivity contribution < 1.29 is 19.2 Å². The van der Waals surface area contributed by atoms with Crippen LogP contribution in [0.4, 0.5) is 4.79 Å². The average Bonchev–Trinajstić information content (AvgIpc) is 3.23. The van der Waals surface area contributed by atoms with Crippen LogP contribution < -0.4 is 10.9 Å². The number of carbonyl (C=O) groups is 3. The number of hydrogen-bond acceptors (Lipinski definition) is 4. The molecule has 1 unspecified atom stereocenters. The number of nitrogens with one attached hydrogen (secondary N) is 2. The van der Waals surface area contributed by atoms with Gasteiger partial charge in [-0.1, -0.05) is 26.2 Å². The number of hydroxylamine groups is 2. The molecule has 4 amide bonds. The number of piperidine rings is 1. The van der Waals surface area contributed by atoms with Gasteiger partial charge in [0, 0.05) is 12.5 Å². The zero-order valence-electron chi connectivity index (χ0n) is 14.8. The molecule has 2 bridgehead atoms. The summed E-state index contributed by atoms with van der Waals surface area (Å²) in [6.45, 7) is 3.08. The Morgan fingerprint density at radius 3 is 2.56 bits per heavy atom. The zero-order chi connectivity index (χ0) is 17.8. The van der Waals surface area contributed by atoms with Crippen LogP contribution in [0, 0.1) is 5.92 Å². The molecule has 1 aliphatic carbocycles. The van der Waals surface area contributed by atoms with E-state index in [9.17, 15) is 14.4 Å². The van der Waals surface area contributed by atoms with Gasteiger partial charge >= 0.3 is 6.03 Å². The first-order valence-corrected chi connectivity index (χ1v) is 9.44. The summed E-state index contributed by atoms with van der Waals surface area (Å²) in [5.74, 6) is -0.461. The van der Waals surface area contributed by atoms with E-state index in [4.69, 9.17) is 4.84 Å². The van der Waals surface area contributed by atoms with Crippen molar-refractivity contribution in [2.75, 3.05) is 13.2 Å². The largest absolute Gasteiger partial charge is 0.345 e. The topological polar surface area (TPSA) is 91.0 Å². The summed E-state index contributed by atoms with van der Waals surface area (Å²) in [6.07, 6.45) is 7.08. The molecular weight excluding hydrogens is 324 g/mol. The molecule has 3 aliphatic rings. The van der Waals surface area contributed by atoms with Crippen molar-refractivity contribution in [1.82, 2.24) is 20.8 Å². The van der Waals surface area contributed by atoms with Gasteiger partial charge in [-0.05, 0) is 32.1 Å². The minimum Gasteiger partial charge on any atom is -0.309 e. The maximum atomic E-state index is 12.5. The first-order valence-electron chi connectivity index (χ1n) is 9.44. The van der Waals surface area contributed by atoms with Gasteiger partial charge in [0.15, 0.2) is 0 Å². The van der Waals surface area contributed by atoms with Crippen LogP contribution in [0.2, 0.25) is 0 Å². The quantitative estimate of drug-likeness (QED) is 0.557. The number of hydrogen-bond donors (Lipinski definition) is 2. The van der Waals surface area contributed by atoms with E-state index in [1.54, 1.807) is 4.90 Å². The number of hydrazine groups is 1. The van der Waals surface area contributed by atoms with Crippen molar-refractivity contribution in [3.8, 4) is 0 Å². The van der Waals surface area contributed by atoms with Crippen LogP contribution in [0.1, 0.15) is 58.3 Å². The van der Waals surface area contributed by atoms with Crippen molar-refractivity contribution in [3.63, 3.8) is 0 Å². The lowest BCUT2D eigenvalue weighted by Gasteiger charge is -2.29. The highest BCUT2D eigenvalue weighted by atomic mass is 16.7. The molecular formula is C17H28N4O4. The number of urea groups is 1. The Bertz CT molecular complexity index is 521. The van der Waals surface area contributed by atoms with E-state index in [1.807, 2.05) is 0 Å². The van der Waals surface area contributed by atoms with Gasteiger partial charge in [0.1, 0.15) is 6.04 Å². The molecule has 2 heterocycles. The Hall–Kier alpha value is -1.83. The van der Waals surface area contributed by atoms with Crippen LogP contribution in [-0.2, 0) is 14.4 Å². The predicted molar refractivity (Wildman–Crippen MR) is 89.9 cm³/mol. The fraction of sp³-hybridized carbons (Fsp3) is 0.824. The number of rotatable bonds is 6. The molecule has 0 aromatic carbocycles. The predicted octanol–water partition coefficient (Wildman–Crippen LogP) is 1.32. The van der Waals surface area contributed by atoms with E-state index in [2.05, 4.69) is 17.8 Å². The monoisotopic (exact) mass is 352 g/mol. The standard InChI is InChI=1S/C17H28N4O4/c1-2-3-10-25-21-13-8-9-14(20(11-13)17(21)24)16(23)19-18-15(22)12-6-4-5-7-12/h12-14H,2-11H2,1H3,(H,18,22)(H,19,23)/t13?,14-/m0/s1. The highest BCUT2D eigenvalue weighted by Gasteiger charge is 2.47. The van der Waals surface area contributed by atoms with Crippen LogP contribution >= 0.6 is 0 Å². The highest BCUT2D eigenvalue weighted by molar-refractivity contribution is 5.90. The Morgan fingerprint density at radius 2 is 1.84 bits per heavy atom. The van der Waals surface area contributed by atoms with Gasteiger partial charge in [-0.3, -0.25) is 25.3 Å². The van der Waals surface area contributed by atoms with Crippen molar-refractivity contribution in [2.24, 2.45) is 5.92 Å². The number of fused-ring (bicyclic) bond motifs is 2. The van der Waals surface area contributed by atoms with Crippen molar-refractivity contribution in [1.29, 1.82) is 0 Å². The van der Waals surface area contributed by atoms with Crippen LogP contribution in [0.5, 0.6) is 0 Å². The van der Waals surface area contributed by atoms with E-state index < -0.39 is 6.04 Å². The summed E-state index contributed by atoms with van der Waals surface area (Å²) in [6, 6.07) is -0.783. The summed E-state index contributed by atoms with van der Waals surface area (Å²) in [5, 5.41) is 1.43. The molecule has 0 spiro atoms. The molecule has 3 fully saturated rings. The second-order valence-electron chi connectivity index (χ2n) is 7.15. The van der Waals surface area contributed by atoms with Gasteiger partial charge in [-0.15, -0.1) is 0 Å². The minimum absolute atomic E-state index is 0.00749. The molecule has 8 nitrogen and oxygen atoms in total. The summed E-state index contributed by atoms with van der Waals surface area (Å²) in [5.41, 5.74) is 5.03. The Morgan fingerprint density at radius 1 is 1.12 bits per heavy atom. The lowest BCUT2D eigenvalue weighted by atomic mass is 10.0. The van der Waals surface area contributed by atoms with E-state index in [-0.39, 0.29) is 29.8 Å². The number of amides is 4. The van der Waals surface area contributed by atoms with Crippen LogP contribution in [-0.4, -0.2) is 53.0 Å². The van der Waals surface area contributed by atoms with Gasteiger partial charge in [-0.25, -0.2) is 4.79 Å². The van der Waals surface area contributed by atoms with Gasteiger partial charge in [0.25, 0.3) is 5.91 Å². The smallest absolute Gasteiger partial charge is 0.309 e. The Labute approximate surface area is 148 Å². The third-order valence-corrected chi connectivity index (χ3v) is 5.39. The molecule has 0 aromatic heterocycles. The number of carbonyl (C=O) groups excluding carboxylic acids is 3. The van der Waals surface area contributed by atoms with Gasteiger partial charge in [0.2, 0.25) is 5.91 Å². The third-order valence-electron chi connectivity index (χ3n) is 5.39. The van der Waals surface area contributed by atoms with Gasteiger partial charge in [-0.2, -0.15) is 5.06 Å². The SMILES string of the molecule is CCCCON1C(=O)N2CC1CC[C@H]2C(=O)NNC(=O)C1CCCC1. The maximum Gasteiger partial charge on any atom is 0.345 e. The number of nitrogens with zero attached hydrogens (tertiary/aromatic N) is 2. The average molecular weight is 352 g/mol. The Kier molecular flexibility index (Phi) is 5.78. The second-order valence-corrected chi connectivity index (χ2v) is 7.15. The van der Waals surface area contributed by atoms with E-state index >= 15 is 0 Å². The molecule has 2 N–H and O–H groups in total. The molecule has 1 saturated carbocycles. The summed E-state index contributed by atoms with van der Waals surface area (Å²) in [4.78, 5) is 44.1. The van der Waals surface area contributed by atoms with Gasteiger partial charge < -0.3 is 4.90 Å². The molecule has 2 atom stereocenters. The molecule has 2 saturated heterocycles. The molecule has 0 radical (unpaired) electrons. The van der Waals surface area contributed by atoms with Crippen LogP contribution in [0.25, 0.3) is 0 Å². The normalized spacial score (nSPS) is 26.2. The lowest BCUT2D eigenvalue weighted by Crippen LogP contribution is -2.54. The lowest BCUT2D eigenvalue weighted by molar-refractivity contribution is -0.133. The summed E-state index contributed by atoms with van der Waals surface area (Å²) < 4.78 is 0. The molecule has 25 heavy (non-hydrogen) atoms. The van der Waals surface area contributed by atoms with Crippen LogP contribution in [0.15, 0.2) is 0 Å². The van der Waals surface area contributed by atoms with Crippen molar-refractivity contribution in [2.45, 2.75) is 70.4 Å². The van der Waals surface area contributed by atoms with E-state index in [1.165, 1.54) is 5.06 Å².